The van der Waals surface area contributed by atoms with Crippen LogP contribution < -0.4 is 5.32 Å². The third-order valence-electron chi connectivity index (χ3n) is 3.41. The van der Waals surface area contributed by atoms with E-state index in [9.17, 15) is 18.9 Å². The summed E-state index contributed by atoms with van der Waals surface area (Å²) in [7, 11) is 3.91. The fourth-order valence-corrected chi connectivity index (χ4v) is 2.23. The van der Waals surface area contributed by atoms with Crippen molar-refractivity contribution in [3.8, 4) is 0 Å². The third kappa shape index (κ3) is 4.71. The van der Waals surface area contributed by atoms with Gasteiger partial charge in [-0.2, -0.15) is 4.39 Å². The maximum absolute atomic E-state index is 13.6. The van der Waals surface area contributed by atoms with Crippen LogP contribution in [0.15, 0.2) is 12.1 Å². The molecule has 1 N–H and O–H groups in total. The molecule has 1 aromatic rings. The highest BCUT2D eigenvalue weighted by Crippen LogP contribution is 2.21. The summed E-state index contributed by atoms with van der Waals surface area (Å²) in [5, 5.41) is 13.7. The molecule has 1 rings (SSSR count). The summed E-state index contributed by atoms with van der Waals surface area (Å²) in [5.41, 5.74) is -0.620. The van der Waals surface area contributed by atoms with Crippen molar-refractivity contribution in [3.63, 3.8) is 0 Å². The summed E-state index contributed by atoms with van der Waals surface area (Å²) >= 11 is 0. The average Bonchev–Trinajstić information content (AvgIpc) is 2.35. The smallest absolute Gasteiger partial charge is 0.305 e. The predicted molar refractivity (Wildman–Crippen MR) is 77.0 cm³/mol. The van der Waals surface area contributed by atoms with E-state index >= 15 is 0 Å². The van der Waals surface area contributed by atoms with Crippen LogP contribution >= 0.6 is 0 Å². The Bertz CT molecular complexity index is 499. The molecule has 1 atom stereocenters. The number of rotatable bonds is 7. The number of hydrogen-bond acceptors (Lipinski definition) is 4. The van der Waals surface area contributed by atoms with E-state index in [0.29, 0.717) is 18.5 Å². The molecule has 0 amide bonds. The fourth-order valence-electron chi connectivity index (χ4n) is 2.23. The van der Waals surface area contributed by atoms with Crippen LogP contribution in [0.5, 0.6) is 0 Å². The molecular weight excluding hydrogens is 280 g/mol. The molecule has 0 aromatic heterocycles. The molecule has 0 fully saturated rings. The monoisotopic (exact) mass is 301 g/mol. The number of nitrogens with zero attached hydrogens (tertiary/aromatic N) is 2. The van der Waals surface area contributed by atoms with Crippen molar-refractivity contribution in [3.05, 3.63) is 39.4 Å². The van der Waals surface area contributed by atoms with Gasteiger partial charge in [-0.3, -0.25) is 10.1 Å². The molecule has 0 aliphatic carbocycles. The van der Waals surface area contributed by atoms with Crippen LogP contribution in [0.4, 0.5) is 14.5 Å². The third-order valence-corrected chi connectivity index (χ3v) is 3.41. The lowest BCUT2D eigenvalue weighted by atomic mass is 10.0. The van der Waals surface area contributed by atoms with Crippen molar-refractivity contribution in [2.45, 2.75) is 26.4 Å². The quantitative estimate of drug-likeness (QED) is 0.621. The minimum Gasteiger partial charge on any atom is -0.311 e. The Morgan fingerprint density at radius 3 is 2.38 bits per heavy atom. The van der Waals surface area contributed by atoms with E-state index < -0.39 is 22.2 Å². The second-order valence-electron chi connectivity index (χ2n) is 5.56. The van der Waals surface area contributed by atoms with Crippen LogP contribution in [0.3, 0.4) is 0 Å². The Labute approximate surface area is 123 Å². The minimum absolute atomic E-state index is 0.0874. The Morgan fingerprint density at radius 1 is 1.29 bits per heavy atom. The molecule has 0 saturated carbocycles. The molecule has 0 bridgehead atoms. The van der Waals surface area contributed by atoms with E-state index in [1.54, 1.807) is 0 Å². The number of likely N-dealkylation sites (N-methyl/N-ethyl adjacent to an activating group) is 1. The summed E-state index contributed by atoms with van der Waals surface area (Å²) in [6.45, 7) is 4.88. The van der Waals surface area contributed by atoms with E-state index in [1.807, 2.05) is 14.1 Å². The average molecular weight is 301 g/mol. The van der Waals surface area contributed by atoms with Gasteiger partial charge in [-0.05, 0) is 20.0 Å². The first-order valence-electron chi connectivity index (χ1n) is 6.73. The Kier molecular flexibility index (Phi) is 6.17. The molecule has 118 valence electrons. The molecule has 1 aromatic carbocycles. The molecule has 0 heterocycles. The second kappa shape index (κ2) is 7.42. The van der Waals surface area contributed by atoms with Gasteiger partial charge >= 0.3 is 5.69 Å². The lowest BCUT2D eigenvalue weighted by Crippen LogP contribution is -2.41. The van der Waals surface area contributed by atoms with Gasteiger partial charge in [0.1, 0.15) is 5.82 Å². The molecule has 5 nitrogen and oxygen atoms in total. The SMILES string of the molecule is CC(C)C(CNCc1cc([N+](=O)[O-])c(F)cc1F)N(C)C. The molecule has 0 spiro atoms. The van der Waals surface area contributed by atoms with Crippen molar-refractivity contribution in [1.82, 2.24) is 10.2 Å². The minimum atomic E-state index is -1.16. The molecule has 21 heavy (non-hydrogen) atoms. The van der Waals surface area contributed by atoms with Gasteiger partial charge in [0.05, 0.1) is 4.92 Å². The molecular formula is C14H21F2N3O2. The van der Waals surface area contributed by atoms with Gasteiger partial charge in [0.2, 0.25) is 5.82 Å². The van der Waals surface area contributed by atoms with Crippen LogP contribution in [0.25, 0.3) is 0 Å². The predicted octanol–water partition coefficient (Wildman–Crippen LogP) is 2.55. The lowest BCUT2D eigenvalue weighted by Gasteiger charge is -2.28. The molecule has 7 heteroatoms. The first-order chi connectivity index (χ1) is 9.73. The molecule has 0 aliphatic heterocycles. The Balaban J connectivity index is 2.75. The second-order valence-corrected chi connectivity index (χ2v) is 5.56. The maximum atomic E-state index is 13.6. The van der Waals surface area contributed by atoms with Gasteiger partial charge in [0.15, 0.2) is 0 Å². The number of nitrogens with one attached hydrogen (secondary N) is 1. The highest BCUT2D eigenvalue weighted by molar-refractivity contribution is 5.37. The summed E-state index contributed by atoms with van der Waals surface area (Å²) in [6.07, 6.45) is 0. The topological polar surface area (TPSA) is 58.4 Å². The van der Waals surface area contributed by atoms with Gasteiger partial charge < -0.3 is 10.2 Å². The number of benzene rings is 1. The Morgan fingerprint density at radius 2 is 1.90 bits per heavy atom. The van der Waals surface area contributed by atoms with Crippen LogP contribution in [0.1, 0.15) is 19.4 Å². The summed E-state index contributed by atoms with van der Waals surface area (Å²) < 4.78 is 26.9. The van der Waals surface area contributed by atoms with Crippen LogP contribution in [0, 0.1) is 27.7 Å². The van der Waals surface area contributed by atoms with Crippen molar-refractivity contribution in [2.24, 2.45) is 5.92 Å². The van der Waals surface area contributed by atoms with E-state index in [2.05, 4.69) is 24.1 Å². The van der Waals surface area contributed by atoms with Crippen molar-refractivity contribution >= 4 is 5.69 Å². The number of nitro groups is 1. The van der Waals surface area contributed by atoms with Gasteiger partial charge in [0, 0.05) is 36.8 Å². The summed E-state index contributed by atoms with van der Waals surface area (Å²) in [4.78, 5) is 11.9. The largest absolute Gasteiger partial charge is 0.311 e. The molecule has 1 unspecified atom stereocenters. The van der Waals surface area contributed by atoms with Crippen molar-refractivity contribution in [1.29, 1.82) is 0 Å². The van der Waals surface area contributed by atoms with Gasteiger partial charge in [-0.25, -0.2) is 4.39 Å². The molecule has 0 aliphatic rings. The van der Waals surface area contributed by atoms with E-state index in [-0.39, 0.29) is 18.2 Å². The first-order valence-corrected chi connectivity index (χ1v) is 6.73. The lowest BCUT2D eigenvalue weighted by molar-refractivity contribution is -0.387. The van der Waals surface area contributed by atoms with Gasteiger partial charge in [0.25, 0.3) is 0 Å². The Hall–Kier alpha value is -1.60. The van der Waals surface area contributed by atoms with Crippen LogP contribution in [-0.2, 0) is 6.54 Å². The summed E-state index contributed by atoms with van der Waals surface area (Å²) in [6, 6.07) is 1.75. The maximum Gasteiger partial charge on any atom is 0.305 e. The molecule has 0 radical (unpaired) electrons. The number of halogens is 2. The zero-order valence-corrected chi connectivity index (χ0v) is 12.7. The summed E-state index contributed by atoms with van der Waals surface area (Å²) in [5.74, 6) is -1.54. The normalized spacial score (nSPS) is 13.0. The van der Waals surface area contributed by atoms with Crippen molar-refractivity contribution < 1.29 is 13.7 Å². The highest BCUT2D eigenvalue weighted by Gasteiger charge is 2.19. The number of nitro benzene ring substituents is 1. The zero-order chi connectivity index (χ0) is 16.2. The first kappa shape index (κ1) is 17.5. The standard InChI is InChI=1S/C14H21F2N3O2/c1-9(2)14(18(3)4)8-17-7-10-5-13(19(20)21)12(16)6-11(10)15/h5-6,9,14,17H,7-8H2,1-4H3. The number of hydrogen-bond donors (Lipinski definition) is 1. The van der Waals surface area contributed by atoms with Crippen molar-refractivity contribution in [2.75, 3.05) is 20.6 Å². The van der Waals surface area contributed by atoms with Crippen LogP contribution in [0.2, 0.25) is 0 Å². The fraction of sp³-hybridized carbons (Fsp3) is 0.571. The van der Waals surface area contributed by atoms with E-state index in [1.165, 1.54) is 0 Å². The molecule has 0 saturated heterocycles. The van der Waals surface area contributed by atoms with Gasteiger partial charge in [-0.1, -0.05) is 13.8 Å². The van der Waals surface area contributed by atoms with E-state index in [0.717, 1.165) is 6.07 Å². The van der Waals surface area contributed by atoms with Crippen LogP contribution in [-0.4, -0.2) is 36.5 Å². The van der Waals surface area contributed by atoms with E-state index in [4.69, 9.17) is 0 Å². The highest BCUT2D eigenvalue weighted by atomic mass is 19.1. The zero-order valence-electron chi connectivity index (χ0n) is 12.7. The van der Waals surface area contributed by atoms with Gasteiger partial charge in [-0.15, -0.1) is 0 Å².